The lowest BCUT2D eigenvalue weighted by molar-refractivity contribution is 0.282. The van der Waals surface area contributed by atoms with Gasteiger partial charge in [-0.3, -0.25) is 4.31 Å². The molecule has 0 saturated heterocycles. The maximum atomic E-state index is 13.3. The molecule has 0 radical (unpaired) electrons. The van der Waals surface area contributed by atoms with Crippen LogP contribution in [0.4, 0.5) is 5.69 Å². The molecule has 0 bridgehead atoms. The van der Waals surface area contributed by atoms with Crippen LogP contribution in [0.2, 0.25) is 5.02 Å². The van der Waals surface area contributed by atoms with Crippen LogP contribution in [0.3, 0.4) is 0 Å². The fourth-order valence-corrected chi connectivity index (χ4v) is 4.71. The number of sulfonamides is 1. The number of nitrogens with zero attached hydrogens (tertiary/aromatic N) is 2. The van der Waals surface area contributed by atoms with Gasteiger partial charge in [0.05, 0.1) is 28.8 Å². The number of halogens is 1. The summed E-state index contributed by atoms with van der Waals surface area (Å²) < 4.78 is 28.0. The summed E-state index contributed by atoms with van der Waals surface area (Å²) in [5.74, 6) is 0. The molecule has 26 heavy (non-hydrogen) atoms. The molecule has 0 aliphatic rings. The number of rotatable bonds is 7. The summed E-state index contributed by atoms with van der Waals surface area (Å²) in [4.78, 5) is 0.0864. The van der Waals surface area contributed by atoms with Crippen molar-refractivity contribution in [2.24, 2.45) is 0 Å². The topological polar surface area (TPSA) is 81.4 Å². The van der Waals surface area contributed by atoms with E-state index in [0.29, 0.717) is 28.3 Å². The molecule has 2 aromatic rings. The second-order valence-electron chi connectivity index (χ2n) is 6.01. The lowest BCUT2D eigenvalue weighted by Gasteiger charge is -2.32. The molecule has 1 N–H and O–H groups in total. The highest BCUT2D eigenvalue weighted by Gasteiger charge is 2.30. The molecule has 0 aliphatic heterocycles. The van der Waals surface area contributed by atoms with Crippen molar-refractivity contribution in [1.29, 1.82) is 5.26 Å². The van der Waals surface area contributed by atoms with Gasteiger partial charge >= 0.3 is 0 Å². The Bertz CT molecular complexity index is 905. The number of nitriles is 1. The molecule has 138 valence electrons. The summed E-state index contributed by atoms with van der Waals surface area (Å²) in [6, 6.07) is 12.2. The van der Waals surface area contributed by atoms with Gasteiger partial charge in [0.2, 0.25) is 0 Å². The molecule has 5 nitrogen and oxygen atoms in total. The van der Waals surface area contributed by atoms with Crippen molar-refractivity contribution in [3.63, 3.8) is 0 Å². The number of aliphatic hydroxyl groups excluding tert-OH is 1. The Hall–Kier alpha value is -2.07. The molecule has 0 aromatic heterocycles. The number of aliphatic hydroxyl groups is 1. The molecule has 0 aliphatic carbocycles. The van der Waals surface area contributed by atoms with Crippen LogP contribution in [0, 0.1) is 11.3 Å². The number of benzene rings is 2. The summed E-state index contributed by atoms with van der Waals surface area (Å²) in [6.07, 6.45) is 1.45. The lowest BCUT2D eigenvalue weighted by Crippen LogP contribution is -2.39. The fraction of sp³-hybridized carbons (Fsp3) is 0.316. The van der Waals surface area contributed by atoms with E-state index in [1.165, 1.54) is 28.6 Å². The van der Waals surface area contributed by atoms with Gasteiger partial charge in [-0.2, -0.15) is 5.26 Å². The average molecular weight is 393 g/mol. The number of hydrogen-bond acceptors (Lipinski definition) is 4. The van der Waals surface area contributed by atoms with Crippen LogP contribution in [0.1, 0.15) is 37.8 Å². The van der Waals surface area contributed by atoms with Crippen LogP contribution in [-0.4, -0.2) is 19.6 Å². The zero-order chi connectivity index (χ0) is 19.3. The van der Waals surface area contributed by atoms with Gasteiger partial charge < -0.3 is 5.11 Å². The van der Waals surface area contributed by atoms with Crippen molar-refractivity contribution >= 4 is 27.3 Å². The predicted molar refractivity (Wildman–Crippen MR) is 103 cm³/mol. The van der Waals surface area contributed by atoms with Gasteiger partial charge in [0.15, 0.2) is 0 Å². The van der Waals surface area contributed by atoms with Crippen LogP contribution in [-0.2, 0) is 16.6 Å². The molecule has 1 unspecified atom stereocenters. The second kappa shape index (κ2) is 8.54. The van der Waals surface area contributed by atoms with Crippen molar-refractivity contribution < 1.29 is 13.5 Å². The molecule has 0 spiro atoms. The van der Waals surface area contributed by atoms with Gasteiger partial charge in [0.25, 0.3) is 10.0 Å². The fourth-order valence-electron chi connectivity index (χ4n) is 2.83. The van der Waals surface area contributed by atoms with E-state index in [1.54, 1.807) is 18.2 Å². The third-order valence-electron chi connectivity index (χ3n) is 4.10. The lowest BCUT2D eigenvalue weighted by atomic mass is 10.1. The highest BCUT2D eigenvalue weighted by Crippen LogP contribution is 2.33. The van der Waals surface area contributed by atoms with Gasteiger partial charge in [-0.1, -0.05) is 31.0 Å². The largest absolute Gasteiger partial charge is 0.392 e. The van der Waals surface area contributed by atoms with E-state index in [1.807, 2.05) is 19.9 Å². The summed E-state index contributed by atoms with van der Waals surface area (Å²) in [5, 5.41) is 19.0. The van der Waals surface area contributed by atoms with Crippen LogP contribution in [0.5, 0.6) is 0 Å². The van der Waals surface area contributed by atoms with Gasteiger partial charge in [0.1, 0.15) is 0 Å². The molecular weight excluding hydrogens is 372 g/mol. The highest BCUT2D eigenvalue weighted by atomic mass is 35.5. The van der Waals surface area contributed by atoms with Crippen LogP contribution in [0.25, 0.3) is 0 Å². The zero-order valence-corrected chi connectivity index (χ0v) is 16.3. The standard InChI is InChI=1S/C19H21ClN2O3S/c1-3-4-14(2)22(19-11-17(20)8-7-16(19)13-23)26(24,25)18-9-5-15(12-21)6-10-18/h5-11,14,23H,3-4,13H2,1-2H3. The monoisotopic (exact) mass is 392 g/mol. The van der Waals surface area contributed by atoms with Crippen LogP contribution in [0.15, 0.2) is 47.4 Å². The molecule has 7 heteroatoms. The van der Waals surface area contributed by atoms with E-state index >= 15 is 0 Å². The van der Waals surface area contributed by atoms with Crippen molar-refractivity contribution in [2.75, 3.05) is 4.31 Å². The summed E-state index contributed by atoms with van der Waals surface area (Å²) in [5.41, 5.74) is 1.23. The third kappa shape index (κ3) is 4.18. The minimum Gasteiger partial charge on any atom is -0.392 e. The summed E-state index contributed by atoms with van der Waals surface area (Å²) in [7, 11) is -3.90. The minimum absolute atomic E-state index is 0.0864. The summed E-state index contributed by atoms with van der Waals surface area (Å²) >= 11 is 6.10. The van der Waals surface area contributed by atoms with Crippen molar-refractivity contribution in [3.8, 4) is 6.07 Å². The van der Waals surface area contributed by atoms with E-state index in [4.69, 9.17) is 16.9 Å². The van der Waals surface area contributed by atoms with Crippen molar-refractivity contribution in [3.05, 3.63) is 58.6 Å². The van der Waals surface area contributed by atoms with Gasteiger partial charge in [0, 0.05) is 16.6 Å². The Morgan fingerprint density at radius 3 is 2.42 bits per heavy atom. The quantitative estimate of drug-likeness (QED) is 0.769. The first-order valence-electron chi connectivity index (χ1n) is 8.29. The number of hydrogen-bond donors (Lipinski definition) is 1. The highest BCUT2D eigenvalue weighted by molar-refractivity contribution is 7.92. The predicted octanol–water partition coefficient (Wildman–Crippen LogP) is 4.09. The minimum atomic E-state index is -3.90. The van der Waals surface area contributed by atoms with Crippen LogP contribution >= 0.6 is 11.6 Å². The molecule has 1 atom stereocenters. The Morgan fingerprint density at radius 1 is 1.23 bits per heavy atom. The third-order valence-corrected chi connectivity index (χ3v) is 6.28. The average Bonchev–Trinajstić information content (AvgIpc) is 2.62. The zero-order valence-electron chi connectivity index (χ0n) is 14.7. The molecule has 2 aromatic carbocycles. The Labute approximate surface area is 159 Å². The molecule has 0 heterocycles. The van der Waals surface area contributed by atoms with E-state index in [2.05, 4.69) is 0 Å². The van der Waals surface area contributed by atoms with Gasteiger partial charge in [-0.05, 0) is 49.7 Å². The van der Waals surface area contributed by atoms with Crippen LogP contribution < -0.4 is 4.31 Å². The van der Waals surface area contributed by atoms with E-state index in [0.717, 1.165) is 6.42 Å². The molecule has 0 fully saturated rings. The van der Waals surface area contributed by atoms with E-state index < -0.39 is 10.0 Å². The molecule has 2 rings (SSSR count). The summed E-state index contributed by atoms with van der Waals surface area (Å²) in [6.45, 7) is 3.51. The SMILES string of the molecule is CCCC(C)N(c1cc(Cl)ccc1CO)S(=O)(=O)c1ccc(C#N)cc1. The maximum Gasteiger partial charge on any atom is 0.264 e. The van der Waals surface area contributed by atoms with E-state index in [-0.39, 0.29) is 17.5 Å². The van der Waals surface area contributed by atoms with Gasteiger partial charge in [-0.15, -0.1) is 0 Å². The van der Waals surface area contributed by atoms with Crippen molar-refractivity contribution in [2.45, 2.75) is 44.2 Å². The smallest absolute Gasteiger partial charge is 0.264 e. The molecular formula is C19H21ClN2O3S. The first-order valence-corrected chi connectivity index (χ1v) is 10.1. The first-order chi connectivity index (χ1) is 12.3. The normalized spacial score (nSPS) is 12.4. The number of anilines is 1. The second-order valence-corrected chi connectivity index (χ2v) is 8.26. The van der Waals surface area contributed by atoms with E-state index in [9.17, 15) is 13.5 Å². The molecule has 0 saturated carbocycles. The van der Waals surface area contributed by atoms with Crippen molar-refractivity contribution in [1.82, 2.24) is 0 Å². The van der Waals surface area contributed by atoms with Gasteiger partial charge in [-0.25, -0.2) is 8.42 Å². The maximum absolute atomic E-state index is 13.3. The first kappa shape index (κ1) is 20.2. The molecule has 0 amide bonds. The Kier molecular flexibility index (Phi) is 6.65. The Balaban J connectivity index is 2.64. The Morgan fingerprint density at radius 2 is 1.88 bits per heavy atom.